The molecular weight excluding hydrogens is 421 g/mol. The molecule has 130 valence electrons. The molecule has 0 heterocycles. The van der Waals surface area contributed by atoms with Crippen molar-refractivity contribution in [2.24, 2.45) is 0 Å². The van der Waals surface area contributed by atoms with Crippen LogP contribution in [0.3, 0.4) is 0 Å². The van der Waals surface area contributed by atoms with Crippen LogP contribution in [0.25, 0.3) is 0 Å². The molecular formula is C18H22INO4. The van der Waals surface area contributed by atoms with E-state index in [4.69, 9.17) is 9.47 Å². The Morgan fingerprint density at radius 2 is 1.92 bits per heavy atom. The number of carbonyl (C=O) groups excluding carboxylic acids is 2. The molecule has 0 bridgehead atoms. The molecule has 0 atom stereocenters. The summed E-state index contributed by atoms with van der Waals surface area (Å²) in [7, 11) is 0. The van der Waals surface area contributed by atoms with Gasteiger partial charge in [0.2, 0.25) is 0 Å². The lowest BCUT2D eigenvalue weighted by molar-refractivity contribution is -0.150. The van der Waals surface area contributed by atoms with Crippen LogP contribution >= 0.6 is 22.6 Å². The third-order valence-electron chi connectivity index (χ3n) is 3.69. The summed E-state index contributed by atoms with van der Waals surface area (Å²) in [6, 6.07) is 7.33. The van der Waals surface area contributed by atoms with Gasteiger partial charge in [-0.3, -0.25) is 4.79 Å². The number of nitrogens with one attached hydrogen (secondary N) is 1. The molecule has 0 fully saturated rings. The number of rotatable bonds is 8. The van der Waals surface area contributed by atoms with Crippen molar-refractivity contribution in [1.82, 2.24) is 5.32 Å². The second kappa shape index (κ2) is 10.3. The summed E-state index contributed by atoms with van der Waals surface area (Å²) < 4.78 is 11.3. The summed E-state index contributed by atoms with van der Waals surface area (Å²) in [6.45, 7) is 0.107. The topological polar surface area (TPSA) is 64.6 Å². The number of hydrogen-bond donors (Lipinski definition) is 1. The maximum Gasteiger partial charge on any atom is 0.344 e. The minimum Gasteiger partial charge on any atom is -0.482 e. The predicted octanol–water partition coefficient (Wildman–Crippen LogP) is 3.22. The van der Waals surface area contributed by atoms with E-state index in [1.54, 1.807) is 12.1 Å². The lowest BCUT2D eigenvalue weighted by Gasteiger charge is -2.13. The van der Waals surface area contributed by atoms with Crippen LogP contribution in [-0.2, 0) is 14.3 Å². The Bertz CT molecular complexity index is 583. The molecule has 0 spiro atoms. The van der Waals surface area contributed by atoms with E-state index in [2.05, 4.69) is 34.0 Å². The fourth-order valence-corrected chi connectivity index (χ4v) is 2.77. The first-order chi connectivity index (χ1) is 11.6. The Labute approximate surface area is 155 Å². The summed E-state index contributed by atoms with van der Waals surface area (Å²) >= 11 is 2.19. The first-order valence-electron chi connectivity index (χ1n) is 8.12. The average Bonchev–Trinajstić information content (AvgIpc) is 2.60. The van der Waals surface area contributed by atoms with Crippen molar-refractivity contribution >= 4 is 34.5 Å². The zero-order valence-corrected chi connectivity index (χ0v) is 15.7. The number of ether oxygens (including phenoxy) is 2. The van der Waals surface area contributed by atoms with Gasteiger partial charge in [0.05, 0.1) is 0 Å². The van der Waals surface area contributed by atoms with Gasteiger partial charge < -0.3 is 14.8 Å². The standard InChI is InChI=1S/C18H22INO4/c19-15-6-8-16(9-7-15)23-13-18(22)24-12-17(21)20-11-10-14-4-2-1-3-5-14/h4,6-9H,1-3,5,10-13H2,(H,20,21). The van der Waals surface area contributed by atoms with E-state index in [0.717, 1.165) is 22.8 Å². The van der Waals surface area contributed by atoms with E-state index >= 15 is 0 Å². The summed E-state index contributed by atoms with van der Waals surface area (Å²) in [5.74, 6) is -0.245. The molecule has 1 N–H and O–H groups in total. The second-order valence-electron chi connectivity index (χ2n) is 5.61. The van der Waals surface area contributed by atoms with Gasteiger partial charge in [-0.25, -0.2) is 4.79 Å². The highest BCUT2D eigenvalue weighted by Crippen LogP contribution is 2.19. The highest BCUT2D eigenvalue weighted by molar-refractivity contribution is 14.1. The zero-order chi connectivity index (χ0) is 17.2. The number of benzene rings is 1. The molecule has 1 aliphatic carbocycles. The van der Waals surface area contributed by atoms with E-state index in [-0.39, 0.29) is 19.1 Å². The highest BCUT2D eigenvalue weighted by Gasteiger charge is 2.09. The molecule has 0 radical (unpaired) electrons. The minimum absolute atomic E-state index is 0.208. The lowest BCUT2D eigenvalue weighted by atomic mass is 9.97. The average molecular weight is 443 g/mol. The van der Waals surface area contributed by atoms with Crippen molar-refractivity contribution in [2.45, 2.75) is 32.1 Å². The van der Waals surface area contributed by atoms with E-state index < -0.39 is 5.97 Å². The van der Waals surface area contributed by atoms with Crippen LogP contribution in [-0.4, -0.2) is 31.6 Å². The van der Waals surface area contributed by atoms with Crippen molar-refractivity contribution < 1.29 is 19.1 Å². The summed E-state index contributed by atoms with van der Waals surface area (Å²) in [4.78, 5) is 23.2. The van der Waals surface area contributed by atoms with Gasteiger partial charge in [0, 0.05) is 10.1 Å². The predicted molar refractivity (Wildman–Crippen MR) is 99.8 cm³/mol. The minimum atomic E-state index is -0.557. The first kappa shape index (κ1) is 18.8. The fourth-order valence-electron chi connectivity index (χ4n) is 2.41. The first-order valence-corrected chi connectivity index (χ1v) is 9.20. The van der Waals surface area contributed by atoms with Gasteiger partial charge >= 0.3 is 5.97 Å². The molecule has 0 aliphatic heterocycles. The maximum atomic E-state index is 11.7. The monoisotopic (exact) mass is 443 g/mol. The van der Waals surface area contributed by atoms with Crippen LogP contribution in [0.1, 0.15) is 32.1 Å². The number of halogens is 1. The molecule has 0 aromatic heterocycles. The number of amides is 1. The number of carbonyl (C=O) groups is 2. The van der Waals surface area contributed by atoms with E-state index in [1.807, 2.05) is 12.1 Å². The van der Waals surface area contributed by atoms with Crippen molar-refractivity contribution in [1.29, 1.82) is 0 Å². The molecule has 1 aromatic carbocycles. The smallest absolute Gasteiger partial charge is 0.344 e. The molecule has 1 aromatic rings. The maximum absolute atomic E-state index is 11.7. The fraction of sp³-hybridized carbons (Fsp3) is 0.444. The molecule has 5 nitrogen and oxygen atoms in total. The van der Waals surface area contributed by atoms with E-state index in [9.17, 15) is 9.59 Å². The highest BCUT2D eigenvalue weighted by atomic mass is 127. The summed E-state index contributed by atoms with van der Waals surface area (Å²) in [6.07, 6.45) is 7.89. The van der Waals surface area contributed by atoms with Crippen molar-refractivity contribution in [3.05, 3.63) is 39.5 Å². The molecule has 0 unspecified atom stereocenters. The molecule has 6 heteroatoms. The normalized spacial score (nSPS) is 13.8. The summed E-state index contributed by atoms with van der Waals surface area (Å²) in [5.41, 5.74) is 1.41. The molecule has 2 rings (SSSR count). The summed E-state index contributed by atoms with van der Waals surface area (Å²) in [5, 5.41) is 2.77. The van der Waals surface area contributed by atoms with Crippen LogP contribution in [0.4, 0.5) is 0 Å². The molecule has 0 saturated heterocycles. The third-order valence-corrected chi connectivity index (χ3v) is 4.41. The van der Waals surface area contributed by atoms with Crippen molar-refractivity contribution in [2.75, 3.05) is 19.8 Å². The van der Waals surface area contributed by atoms with Gasteiger partial charge in [0.15, 0.2) is 13.2 Å². The van der Waals surface area contributed by atoms with Gasteiger partial charge in [0.1, 0.15) is 5.75 Å². The van der Waals surface area contributed by atoms with Gasteiger partial charge in [-0.05, 0) is 79.0 Å². The van der Waals surface area contributed by atoms with E-state index in [1.165, 1.54) is 18.4 Å². The molecule has 0 saturated carbocycles. The second-order valence-corrected chi connectivity index (χ2v) is 6.86. The lowest BCUT2D eigenvalue weighted by Crippen LogP contribution is -2.30. The van der Waals surface area contributed by atoms with Crippen LogP contribution in [0, 0.1) is 3.57 Å². The van der Waals surface area contributed by atoms with Gasteiger partial charge in [0.25, 0.3) is 5.91 Å². The Kier molecular flexibility index (Phi) is 8.07. The largest absolute Gasteiger partial charge is 0.482 e. The quantitative estimate of drug-likeness (QED) is 0.381. The van der Waals surface area contributed by atoms with Crippen LogP contribution < -0.4 is 10.1 Å². The Morgan fingerprint density at radius 3 is 2.62 bits per heavy atom. The molecule has 1 aliphatic rings. The molecule has 24 heavy (non-hydrogen) atoms. The van der Waals surface area contributed by atoms with Gasteiger partial charge in [-0.2, -0.15) is 0 Å². The van der Waals surface area contributed by atoms with Crippen molar-refractivity contribution in [3.63, 3.8) is 0 Å². The van der Waals surface area contributed by atoms with Gasteiger partial charge in [-0.15, -0.1) is 0 Å². The number of allylic oxidation sites excluding steroid dienone is 1. The Hall–Kier alpha value is -1.57. The number of hydrogen-bond acceptors (Lipinski definition) is 4. The van der Waals surface area contributed by atoms with Gasteiger partial charge in [-0.1, -0.05) is 11.6 Å². The zero-order valence-electron chi connectivity index (χ0n) is 13.6. The Morgan fingerprint density at radius 1 is 1.12 bits per heavy atom. The SMILES string of the molecule is O=C(COC(=O)COc1ccc(I)cc1)NCCC1=CCCCC1. The third kappa shape index (κ3) is 7.33. The Balaban J connectivity index is 1.56. The van der Waals surface area contributed by atoms with Crippen LogP contribution in [0.15, 0.2) is 35.9 Å². The van der Waals surface area contributed by atoms with Crippen LogP contribution in [0.2, 0.25) is 0 Å². The van der Waals surface area contributed by atoms with Crippen molar-refractivity contribution in [3.8, 4) is 5.75 Å². The van der Waals surface area contributed by atoms with Crippen LogP contribution in [0.5, 0.6) is 5.75 Å². The molecule has 1 amide bonds. The number of esters is 1. The van der Waals surface area contributed by atoms with E-state index in [0.29, 0.717) is 12.3 Å².